The molecule has 1 unspecified atom stereocenters. The van der Waals surface area contributed by atoms with E-state index in [-0.39, 0.29) is 12.3 Å². The lowest BCUT2D eigenvalue weighted by Gasteiger charge is -2.34. The highest BCUT2D eigenvalue weighted by molar-refractivity contribution is 5.76. The summed E-state index contributed by atoms with van der Waals surface area (Å²) in [7, 11) is 0. The third-order valence-electron chi connectivity index (χ3n) is 2.64. The van der Waals surface area contributed by atoms with Crippen molar-refractivity contribution in [1.82, 2.24) is 9.80 Å². The van der Waals surface area contributed by atoms with E-state index in [1.165, 1.54) is 0 Å². The van der Waals surface area contributed by atoms with E-state index in [1.807, 2.05) is 4.90 Å². The zero-order chi connectivity index (χ0) is 10.6. The van der Waals surface area contributed by atoms with Gasteiger partial charge in [-0.25, -0.2) is 0 Å². The summed E-state index contributed by atoms with van der Waals surface area (Å²) in [5, 5.41) is 9.09. The van der Waals surface area contributed by atoms with E-state index in [4.69, 9.17) is 5.11 Å². The first-order valence-corrected chi connectivity index (χ1v) is 5.31. The summed E-state index contributed by atoms with van der Waals surface area (Å²) in [5.74, 6) is 0.0794. The number of carbonyl (C=O) groups is 1. The van der Waals surface area contributed by atoms with E-state index < -0.39 is 6.10 Å². The van der Waals surface area contributed by atoms with Crippen LogP contribution in [0.3, 0.4) is 0 Å². The Balaban J connectivity index is 2.30. The third-order valence-corrected chi connectivity index (χ3v) is 2.64. The summed E-state index contributed by atoms with van der Waals surface area (Å²) in [6.45, 7) is 8.37. The average molecular weight is 200 g/mol. The van der Waals surface area contributed by atoms with Crippen LogP contribution in [-0.2, 0) is 4.79 Å². The Morgan fingerprint density at radius 1 is 1.36 bits per heavy atom. The number of aliphatic hydroxyl groups is 1. The number of likely N-dealkylation sites (N-methyl/N-ethyl adjacent to an activating group) is 1. The van der Waals surface area contributed by atoms with Crippen LogP contribution in [0.25, 0.3) is 0 Å². The van der Waals surface area contributed by atoms with Gasteiger partial charge in [-0.2, -0.15) is 0 Å². The van der Waals surface area contributed by atoms with Crippen LogP contribution in [0.4, 0.5) is 0 Å². The second-order valence-corrected chi connectivity index (χ2v) is 3.87. The van der Waals surface area contributed by atoms with E-state index in [2.05, 4.69) is 11.8 Å². The molecule has 1 amide bonds. The Kier molecular flexibility index (Phi) is 4.35. The first-order chi connectivity index (χ1) is 6.63. The van der Waals surface area contributed by atoms with Crippen LogP contribution in [-0.4, -0.2) is 59.6 Å². The molecule has 1 atom stereocenters. The molecular weight excluding hydrogens is 180 g/mol. The van der Waals surface area contributed by atoms with Gasteiger partial charge in [0.05, 0.1) is 12.5 Å². The number of aliphatic hydroxyl groups excluding tert-OH is 1. The lowest BCUT2D eigenvalue weighted by atomic mass is 10.2. The van der Waals surface area contributed by atoms with E-state index in [0.717, 1.165) is 32.7 Å². The fourth-order valence-corrected chi connectivity index (χ4v) is 1.70. The molecule has 0 aromatic carbocycles. The van der Waals surface area contributed by atoms with Crippen molar-refractivity contribution in [1.29, 1.82) is 0 Å². The van der Waals surface area contributed by atoms with Crippen molar-refractivity contribution in [2.75, 3.05) is 32.7 Å². The Morgan fingerprint density at radius 2 is 1.93 bits per heavy atom. The van der Waals surface area contributed by atoms with E-state index in [0.29, 0.717) is 0 Å². The molecule has 1 aliphatic rings. The predicted molar refractivity (Wildman–Crippen MR) is 55.0 cm³/mol. The molecule has 0 spiro atoms. The molecule has 82 valence electrons. The summed E-state index contributed by atoms with van der Waals surface area (Å²) >= 11 is 0. The van der Waals surface area contributed by atoms with Crippen molar-refractivity contribution in [3.63, 3.8) is 0 Å². The maximum Gasteiger partial charge on any atom is 0.225 e. The highest BCUT2D eigenvalue weighted by Gasteiger charge is 2.20. The first kappa shape index (κ1) is 11.5. The Hall–Kier alpha value is -0.610. The minimum atomic E-state index is -0.522. The zero-order valence-electron chi connectivity index (χ0n) is 9.07. The van der Waals surface area contributed by atoms with Crippen molar-refractivity contribution in [3.05, 3.63) is 0 Å². The molecule has 1 fully saturated rings. The van der Waals surface area contributed by atoms with Crippen molar-refractivity contribution in [3.8, 4) is 0 Å². The Morgan fingerprint density at radius 3 is 2.36 bits per heavy atom. The summed E-state index contributed by atoms with van der Waals surface area (Å²) < 4.78 is 0. The lowest BCUT2D eigenvalue weighted by molar-refractivity contribution is -0.134. The van der Waals surface area contributed by atoms with Crippen LogP contribution in [0.2, 0.25) is 0 Å². The summed E-state index contributed by atoms with van der Waals surface area (Å²) in [4.78, 5) is 15.7. The third kappa shape index (κ3) is 3.27. The molecule has 0 radical (unpaired) electrons. The summed E-state index contributed by atoms with van der Waals surface area (Å²) in [5.41, 5.74) is 0. The van der Waals surface area contributed by atoms with E-state index in [1.54, 1.807) is 6.92 Å². The minimum Gasteiger partial charge on any atom is -0.393 e. The molecule has 0 bridgehead atoms. The van der Waals surface area contributed by atoms with Gasteiger partial charge in [-0.1, -0.05) is 6.92 Å². The molecule has 1 heterocycles. The molecule has 14 heavy (non-hydrogen) atoms. The molecule has 1 aliphatic heterocycles. The lowest BCUT2D eigenvalue weighted by Crippen LogP contribution is -2.48. The van der Waals surface area contributed by atoms with Gasteiger partial charge >= 0.3 is 0 Å². The number of nitrogens with zero attached hydrogens (tertiary/aromatic N) is 2. The molecule has 0 saturated carbocycles. The average Bonchev–Trinajstić information content (AvgIpc) is 2.17. The molecule has 0 aromatic heterocycles. The van der Waals surface area contributed by atoms with Crippen LogP contribution in [0.1, 0.15) is 20.3 Å². The maximum atomic E-state index is 11.6. The van der Waals surface area contributed by atoms with Gasteiger partial charge in [0.15, 0.2) is 0 Å². The predicted octanol–water partition coefficient (Wildman–Crippen LogP) is -0.0786. The van der Waals surface area contributed by atoms with Gasteiger partial charge in [-0.3, -0.25) is 4.79 Å². The molecular formula is C10H20N2O2. The standard InChI is InChI=1S/C10H20N2O2/c1-3-11-4-6-12(7-5-11)10(14)8-9(2)13/h9,13H,3-8H2,1-2H3. The van der Waals surface area contributed by atoms with E-state index in [9.17, 15) is 4.79 Å². The number of hydrogen-bond donors (Lipinski definition) is 1. The van der Waals surface area contributed by atoms with Crippen molar-refractivity contribution in [2.45, 2.75) is 26.4 Å². The van der Waals surface area contributed by atoms with Crippen LogP contribution < -0.4 is 0 Å². The minimum absolute atomic E-state index is 0.0794. The second-order valence-electron chi connectivity index (χ2n) is 3.87. The summed E-state index contributed by atoms with van der Waals surface area (Å²) in [6, 6.07) is 0. The zero-order valence-corrected chi connectivity index (χ0v) is 9.07. The number of rotatable bonds is 3. The van der Waals surface area contributed by atoms with E-state index >= 15 is 0 Å². The fraction of sp³-hybridized carbons (Fsp3) is 0.900. The SMILES string of the molecule is CCN1CCN(C(=O)CC(C)O)CC1. The van der Waals surface area contributed by atoms with Crippen LogP contribution >= 0.6 is 0 Å². The van der Waals surface area contributed by atoms with Gasteiger partial charge in [-0.15, -0.1) is 0 Å². The van der Waals surface area contributed by atoms with Gasteiger partial charge in [0.25, 0.3) is 0 Å². The van der Waals surface area contributed by atoms with Crippen LogP contribution in [0.15, 0.2) is 0 Å². The topological polar surface area (TPSA) is 43.8 Å². The van der Waals surface area contributed by atoms with Gasteiger partial charge in [0.2, 0.25) is 5.91 Å². The van der Waals surface area contributed by atoms with Gasteiger partial charge in [0.1, 0.15) is 0 Å². The Bertz CT molecular complexity index is 187. The number of piperazine rings is 1. The molecule has 1 rings (SSSR count). The smallest absolute Gasteiger partial charge is 0.225 e. The quantitative estimate of drug-likeness (QED) is 0.693. The van der Waals surface area contributed by atoms with Crippen molar-refractivity contribution >= 4 is 5.91 Å². The number of hydrogen-bond acceptors (Lipinski definition) is 3. The molecule has 0 aromatic rings. The molecule has 4 heteroatoms. The second kappa shape index (κ2) is 5.32. The molecule has 1 N–H and O–H groups in total. The number of amides is 1. The monoisotopic (exact) mass is 200 g/mol. The van der Waals surface area contributed by atoms with Gasteiger partial charge < -0.3 is 14.9 Å². The largest absolute Gasteiger partial charge is 0.393 e. The molecule has 1 saturated heterocycles. The first-order valence-electron chi connectivity index (χ1n) is 5.31. The molecule has 4 nitrogen and oxygen atoms in total. The maximum absolute atomic E-state index is 11.6. The highest BCUT2D eigenvalue weighted by atomic mass is 16.3. The highest BCUT2D eigenvalue weighted by Crippen LogP contribution is 2.04. The summed E-state index contributed by atoms with van der Waals surface area (Å²) in [6.07, 6.45) is -0.265. The molecule has 0 aliphatic carbocycles. The van der Waals surface area contributed by atoms with Gasteiger partial charge in [-0.05, 0) is 13.5 Å². The van der Waals surface area contributed by atoms with Gasteiger partial charge in [0, 0.05) is 26.2 Å². The van der Waals surface area contributed by atoms with Crippen LogP contribution in [0, 0.1) is 0 Å². The number of carbonyl (C=O) groups excluding carboxylic acids is 1. The Labute approximate surface area is 85.5 Å². The fourth-order valence-electron chi connectivity index (χ4n) is 1.70. The van der Waals surface area contributed by atoms with Crippen LogP contribution in [0.5, 0.6) is 0 Å². The van der Waals surface area contributed by atoms with Crippen molar-refractivity contribution in [2.24, 2.45) is 0 Å². The normalized spacial score (nSPS) is 20.9. The van der Waals surface area contributed by atoms with Crippen molar-refractivity contribution < 1.29 is 9.90 Å².